The zero-order valence-electron chi connectivity index (χ0n) is 10.6. The zero-order chi connectivity index (χ0) is 13.0. The van der Waals surface area contributed by atoms with Crippen molar-refractivity contribution in [3.8, 4) is 0 Å². The van der Waals surface area contributed by atoms with Crippen LogP contribution in [0.1, 0.15) is 43.1 Å². The van der Waals surface area contributed by atoms with E-state index in [9.17, 15) is 4.79 Å². The molecule has 2 heterocycles. The SMILES string of the molecule is CCCC1CCN(C(=O)c2ccc(Cl)nn2)CC1. The Labute approximate surface area is 112 Å². The van der Waals surface area contributed by atoms with Gasteiger partial charge in [0.15, 0.2) is 10.8 Å². The quantitative estimate of drug-likeness (QED) is 0.846. The Morgan fingerprint density at radius 1 is 1.39 bits per heavy atom. The molecule has 0 aromatic carbocycles. The van der Waals surface area contributed by atoms with Crippen LogP contribution in [0.15, 0.2) is 12.1 Å². The minimum atomic E-state index is -0.0332. The first-order valence-electron chi connectivity index (χ1n) is 6.49. The molecule has 1 aliphatic heterocycles. The van der Waals surface area contributed by atoms with E-state index < -0.39 is 0 Å². The highest BCUT2D eigenvalue weighted by Gasteiger charge is 2.23. The molecule has 0 atom stereocenters. The van der Waals surface area contributed by atoms with Crippen LogP contribution in [0.3, 0.4) is 0 Å². The molecule has 0 radical (unpaired) electrons. The average molecular weight is 268 g/mol. The van der Waals surface area contributed by atoms with E-state index in [1.54, 1.807) is 12.1 Å². The molecule has 98 valence electrons. The Hall–Kier alpha value is -1.16. The van der Waals surface area contributed by atoms with Crippen LogP contribution in [0, 0.1) is 5.92 Å². The van der Waals surface area contributed by atoms with Crippen LogP contribution in [-0.2, 0) is 0 Å². The third kappa shape index (κ3) is 3.19. The number of carbonyl (C=O) groups is 1. The van der Waals surface area contributed by atoms with E-state index in [4.69, 9.17) is 11.6 Å². The van der Waals surface area contributed by atoms with Gasteiger partial charge in [-0.05, 0) is 30.9 Å². The Morgan fingerprint density at radius 3 is 2.67 bits per heavy atom. The first-order chi connectivity index (χ1) is 8.70. The van der Waals surface area contributed by atoms with Gasteiger partial charge in [-0.2, -0.15) is 0 Å². The van der Waals surface area contributed by atoms with E-state index in [1.807, 2.05) is 4.90 Å². The summed E-state index contributed by atoms with van der Waals surface area (Å²) in [6.45, 7) is 3.86. The molecule has 5 heteroatoms. The smallest absolute Gasteiger partial charge is 0.274 e. The highest BCUT2D eigenvalue weighted by Crippen LogP contribution is 2.22. The van der Waals surface area contributed by atoms with E-state index in [0.29, 0.717) is 10.8 Å². The lowest BCUT2D eigenvalue weighted by Crippen LogP contribution is -2.38. The van der Waals surface area contributed by atoms with Crippen molar-refractivity contribution in [3.05, 3.63) is 23.0 Å². The first kappa shape index (κ1) is 13.3. The number of piperidine rings is 1. The van der Waals surface area contributed by atoms with Gasteiger partial charge in [0.25, 0.3) is 5.91 Å². The normalized spacial score (nSPS) is 16.9. The number of likely N-dealkylation sites (tertiary alicyclic amines) is 1. The van der Waals surface area contributed by atoms with Gasteiger partial charge in [-0.25, -0.2) is 0 Å². The van der Waals surface area contributed by atoms with Gasteiger partial charge in [0.05, 0.1) is 0 Å². The number of aromatic nitrogens is 2. The minimum Gasteiger partial charge on any atom is -0.337 e. The Kier molecular flexibility index (Phi) is 4.53. The second-order valence-electron chi connectivity index (χ2n) is 4.77. The fourth-order valence-corrected chi connectivity index (χ4v) is 2.53. The van der Waals surface area contributed by atoms with Gasteiger partial charge in [-0.1, -0.05) is 31.4 Å². The van der Waals surface area contributed by atoms with Crippen LogP contribution in [0.25, 0.3) is 0 Å². The van der Waals surface area contributed by atoms with Crippen LogP contribution < -0.4 is 0 Å². The fraction of sp³-hybridized carbons (Fsp3) is 0.615. The van der Waals surface area contributed by atoms with Crippen LogP contribution in [0.2, 0.25) is 5.15 Å². The molecule has 0 aliphatic carbocycles. The first-order valence-corrected chi connectivity index (χ1v) is 6.87. The van der Waals surface area contributed by atoms with Crippen molar-refractivity contribution in [3.63, 3.8) is 0 Å². The van der Waals surface area contributed by atoms with Gasteiger partial charge in [0.1, 0.15) is 0 Å². The third-order valence-corrected chi connectivity index (χ3v) is 3.65. The third-order valence-electron chi connectivity index (χ3n) is 3.45. The summed E-state index contributed by atoms with van der Waals surface area (Å²) < 4.78 is 0. The number of amides is 1. The van der Waals surface area contributed by atoms with Crippen molar-refractivity contribution in [1.82, 2.24) is 15.1 Å². The second-order valence-corrected chi connectivity index (χ2v) is 5.15. The monoisotopic (exact) mass is 267 g/mol. The molecule has 1 aromatic heterocycles. The second kappa shape index (κ2) is 6.14. The fourth-order valence-electron chi connectivity index (χ4n) is 2.43. The number of hydrogen-bond acceptors (Lipinski definition) is 3. The summed E-state index contributed by atoms with van der Waals surface area (Å²) in [5, 5.41) is 7.86. The summed E-state index contributed by atoms with van der Waals surface area (Å²) in [6.07, 6.45) is 4.69. The maximum Gasteiger partial charge on any atom is 0.274 e. The molecular formula is C13H18ClN3O. The van der Waals surface area contributed by atoms with Gasteiger partial charge < -0.3 is 4.90 Å². The molecule has 0 unspecified atom stereocenters. The summed E-state index contributed by atoms with van der Waals surface area (Å²) in [5.74, 6) is 0.740. The molecule has 4 nitrogen and oxygen atoms in total. The van der Waals surface area contributed by atoms with Crippen molar-refractivity contribution in [1.29, 1.82) is 0 Å². The summed E-state index contributed by atoms with van der Waals surface area (Å²) in [5.41, 5.74) is 0.383. The van der Waals surface area contributed by atoms with Gasteiger partial charge in [-0.3, -0.25) is 4.79 Å². The molecule has 0 saturated carbocycles. The molecule has 1 aliphatic rings. The highest BCUT2D eigenvalue weighted by atomic mass is 35.5. The van der Waals surface area contributed by atoms with Crippen LogP contribution >= 0.6 is 11.6 Å². The number of halogens is 1. The topological polar surface area (TPSA) is 46.1 Å². The molecule has 0 spiro atoms. The van der Waals surface area contributed by atoms with Crippen LogP contribution in [0.4, 0.5) is 0 Å². The summed E-state index contributed by atoms with van der Waals surface area (Å²) in [7, 11) is 0. The van der Waals surface area contributed by atoms with Gasteiger partial charge in [-0.15, -0.1) is 10.2 Å². The van der Waals surface area contributed by atoms with Gasteiger partial charge in [0, 0.05) is 13.1 Å². The van der Waals surface area contributed by atoms with Crippen LogP contribution in [0.5, 0.6) is 0 Å². The highest BCUT2D eigenvalue weighted by molar-refractivity contribution is 6.29. The van der Waals surface area contributed by atoms with E-state index >= 15 is 0 Å². The molecule has 0 bridgehead atoms. The van der Waals surface area contributed by atoms with Gasteiger partial charge in [0.2, 0.25) is 0 Å². The maximum absolute atomic E-state index is 12.2. The molecule has 1 fully saturated rings. The number of rotatable bonds is 3. The largest absolute Gasteiger partial charge is 0.337 e. The van der Waals surface area contributed by atoms with Gasteiger partial charge >= 0.3 is 0 Å². The van der Waals surface area contributed by atoms with Crippen molar-refractivity contribution >= 4 is 17.5 Å². The molecular weight excluding hydrogens is 250 g/mol. The summed E-state index contributed by atoms with van der Waals surface area (Å²) in [4.78, 5) is 14.0. The average Bonchev–Trinajstić information content (AvgIpc) is 2.40. The Balaban J connectivity index is 1.93. The number of hydrogen-bond donors (Lipinski definition) is 0. The lowest BCUT2D eigenvalue weighted by atomic mass is 9.92. The molecule has 2 rings (SSSR count). The zero-order valence-corrected chi connectivity index (χ0v) is 11.4. The standard InChI is InChI=1S/C13H18ClN3O/c1-2-3-10-6-8-17(9-7-10)13(18)11-4-5-12(14)16-15-11/h4-5,10H,2-3,6-9H2,1H3. The molecule has 1 aromatic rings. The van der Waals surface area contributed by atoms with Crippen molar-refractivity contribution in [2.75, 3.05) is 13.1 Å². The lowest BCUT2D eigenvalue weighted by molar-refractivity contribution is 0.0679. The van der Waals surface area contributed by atoms with E-state index in [1.165, 1.54) is 12.8 Å². The molecule has 18 heavy (non-hydrogen) atoms. The van der Waals surface area contributed by atoms with E-state index in [2.05, 4.69) is 17.1 Å². The Morgan fingerprint density at radius 2 is 2.11 bits per heavy atom. The lowest BCUT2D eigenvalue weighted by Gasteiger charge is -2.31. The predicted molar refractivity (Wildman–Crippen MR) is 70.6 cm³/mol. The molecule has 1 amide bonds. The van der Waals surface area contributed by atoms with Crippen molar-refractivity contribution in [2.45, 2.75) is 32.6 Å². The van der Waals surface area contributed by atoms with Crippen molar-refractivity contribution < 1.29 is 4.79 Å². The predicted octanol–water partition coefficient (Wildman–Crippen LogP) is 2.78. The molecule has 0 N–H and O–H groups in total. The molecule has 1 saturated heterocycles. The van der Waals surface area contributed by atoms with E-state index in [0.717, 1.165) is 31.8 Å². The maximum atomic E-state index is 12.2. The number of nitrogens with zero attached hydrogens (tertiary/aromatic N) is 3. The van der Waals surface area contributed by atoms with Crippen molar-refractivity contribution in [2.24, 2.45) is 5.92 Å². The number of carbonyl (C=O) groups excluding carboxylic acids is 1. The minimum absolute atomic E-state index is 0.0332. The van der Waals surface area contributed by atoms with E-state index in [-0.39, 0.29) is 5.91 Å². The Bertz CT molecular complexity index is 399. The van der Waals surface area contributed by atoms with Crippen LogP contribution in [-0.4, -0.2) is 34.1 Å². The summed E-state index contributed by atoms with van der Waals surface area (Å²) in [6, 6.07) is 3.24. The summed E-state index contributed by atoms with van der Waals surface area (Å²) >= 11 is 5.66.